The lowest BCUT2D eigenvalue weighted by atomic mass is 9.98. The first kappa shape index (κ1) is 26.3. The number of aromatic nitrogens is 6. The Morgan fingerprint density at radius 2 is 1.88 bits per heavy atom. The molecule has 10 nitrogen and oxygen atoms in total. The van der Waals surface area contributed by atoms with Crippen molar-refractivity contribution >= 4 is 11.3 Å². The van der Waals surface area contributed by atoms with Crippen LogP contribution in [0.25, 0.3) is 22.5 Å². The molecular formula is C29H26FN9O. The molecule has 5 aromatic rings. The Morgan fingerprint density at radius 1 is 1.05 bits per heavy atom. The summed E-state index contributed by atoms with van der Waals surface area (Å²) in [6.07, 6.45) is 9.12. The number of ether oxygens (including phenoxy) is 1. The highest BCUT2D eigenvalue weighted by atomic mass is 19.1. The van der Waals surface area contributed by atoms with Crippen LogP contribution < -0.4 is 9.64 Å². The first-order chi connectivity index (χ1) is 19.2. The topological polar surface area (TPSA) is 121 Å². The third kappa shape index (κ3) is 5.18. The summed E-state index contributed by atoms with van der Waals surface area (Å²) < 4.78 is 22.2. The van der Waals surface area contributed by atoms with E-state index < -0.39 is 11.2 Å². The highest BCUT2D eigenvalue weighted by Crippen LogP contribution is 2.33. The maximum Gasteiger partial charge on any atom is 0.161 e. The molecule has 0 aliphatic carbocycles. The molecule has 5 rings (SSSR count). The van der Waals surface area contributed by atoms with E-state index in [2.05, 4.69) is 27.3 Å². The molecule has 0 bridgehead atoms. The summed E-state index contributed by atoms with van der Waals surface area (Å²) in [5, 5.41) is 27.3. The van der Waals surface area contributed by atoms with Gasteiger partial charge < -0.3 is 9.64 Å². The smallest absolute Gasteiger partial charge is 0.161 e. The molecule has 11 heteroatoms. The minimum absolute atomic E-state index is 0.0544. The van der Waals surface area contributed by atoms with Crippen molar-refractivity contribution in [2.75, 3.05) is 18.6 Å². The summed E-state index contributed by atoms with van der Waals surface area (Å²) in [6, 6.07) is 13.8. The van der Waals surface area contributed by atoms with Crippen LogP contribution in [-0.2, 0) is 0 Å². The number of halogens is 1. The average molecular weight is 536 g/mol. The molecule has 0 amide bonds. The molecule has 0 fully saturated rings. The van der Waals surface area contributed by atoms with E-state index in [1.165, 1.54) is 17.1 Å². The quantitative estimate of drug-likeness (QED) is 0.269. The van der Waals surface area contributed by atoms with E-state index in [0.717, 1.165) is 28.7 Å². The normalized spacial score (nSPS) is 12.1. The van der Waals surface area contributed by atoms with Gasteiger partial charge in [0.15, 0.2) is 11.6 Å². The summed E-state index contributed by atoms with van der Waals surface area (Å²) in [5.74, 6) is 1.37. The van der Waals surface area contributed by atoms with Gasteiger partial charge in [0.2, 0.25) is 0 Å². The monoisotopic (exact) mass is 535 g/mol. The van der Waals surface area contributed by atoms with Crippen LogP contribution in [0, 0.1) is 33.9 Å². The predicted molar refractivity (Wildman–Crippen MR) is 146 cm³/mol. The van der Waals surface area contributed by atoms with Crippen LogP contribution in [0.5, 0.6) is 5.75 Å². The van der Waals surface area contributed by atoms with Gasteiger partial charge in [0.05, 0.1) is 53.4 Å². The van der Waals surface area contributed by atoms with Crippen molar-refractivity contribution in [2.24, 2.45) is 5.41 Å². The van der Waals surface area contributed by atoms with Crippen LogP contribution in [0.15, 0.2) is 67.5 Å². The zero-order valence-corrected chi connectivity index (χ0v) is 22.4. The van der Waals surface area contributed by atoms with Crippen LogP contribution in [0.1, 0.15) is 37.9 Å². The van der Waals surface area contributed by atoms with E-state index in [-0.39, 0.29) is 12.6 Å². The average Bonchev–Trinajstić information content (AvgIpc) is 3.61. The fraction of sp³-hybridized carbons (Fsp3) is 0.241. The second-order valence-electron chi connectivity index (χ2n) is 10.1. The van der Waals surface area contributed by atoms with Crippen LogP contribution in [0.3, 0.4) is 0 Å². The first-order valence-electron chi connectivity index (χ1n) is 12.5. The van der Waals surface area contributed by atoms with Crippen molar-refractivity contribution in [3.63, 3.8) is 0 Å². The van der Waals surface area contributed by atoms with Crippen molar-refractivity contribution in [3.05, 3.63) is 84.5 Å². The van der Waals surface area contributed by atoms with Crippen molar-refractivity contribution in [3.8, 4) is 34.8 Å². The van der Waals surface area contributed by atoms with Crippen molar-refractivity contribution in [1.29, 1.82) is 10.5 Å². The summed E-state index contributed by atoms with van der Waals surface area (Å²) in [7, 11) is 1.94. The van der Waals surface area contributed by atoms with Gasteiger partial charge >= 0.3 is 0 Å². The maximum absolute atomic E-state index is 13.3. The number of hydrogen-bond donors (Lipinski definition) is 0. The molecule has 0 spiro atoms. The van der Waals surface area contributed by atoms with Crippen molar-refractivity contribution < 1.29 is 9.13 Å². The van der Waals surface area contributed by atoms with Gasteiger partial charge in [-0.3, -0.25) is 0 Å². The third-order valence-electron chi connectivity index (χ3n) is 6.65. The van der Waals surface area contributed by atoms with E-state index in [9.17, 15) is 14.9 Å². The Morgan fingerprint density at radius 3 is 2.50 bits per heavy atom. The molecule has 40 heavy (non-hydrogen) atoms. The molecule has 0 N–H and O–H groups in total. The van der Waals surface area contributed by atoms with Gasteiger partial charge in [0.1, 0.15) is 24.2 Å². The summed E-state index contributed by atoms with van der Waals surface area (Å²) in [5.41, 5.74) is 2.90. The lowest BCUT2D eigenvalue weighted by molar-refractivity contribution is 0.226. The van der Waals surface area contributed by atoms with E-state index in [1.54, 1.807) is 43.0 Å². The molecular weight excluding hydrogens is 509 g/mol. The molecule has 1 atom stereocenters. The number of hydrogen-bond acceptors (Lipinski definition) is 8. The minimum atomic E-state index is -0.658. The Kier molecular flexibility index (Phi) is 6.89. The van der Waals surface area contributed by atoms with Crippen LogP contribution >= 0.6 is 0 Å². The summed E-state index contributed by atoms with van der Waals surface area (Å²) in [4.78, 5) is 11.1. The highest BCUT2D eigenvalue weighted by molar-refractivity contribution is 5.85. The summed E-state index contributed by atoms with van der Waals surface area (Å²) in [6.45, 7) is 5.85. The Hall–Kier alpha value is -5.29. The molecule has 0 radical (unpaired) electrons. The second-order valence-corrected chi connectivity index (χ2v) is 10.1. The molecule has 0 unspecified atom stereocenters. The standard InChI is InChI=1S/C29H26FN9O/c1-19(20-5-8-27(34-11-20)38-15-23(30)14-36-38)37(4)26-7-6-21(12-33-26)25-9-24(40-18-29(2,3)17-32)16-39-28(25)22(10-31)13-35-39/h5-9,11-16,19H,18H2,1-4H3/t19-/m0/s1. The van der Waals surface area contributed by atoms with Gasteiger partial charge in [0, 0.05) is 30.6 Å². The van der Waals surface area contributed by atoms with Crippen LogP contribution in [0.4, 0.5) is 10.2 Å². The molecule has 0 saturated carbocycles. The van der Waals surface area contributed by atoms with Crippen LogP contribution in [0.2, 0.25) is 0 Å². The third-order valence-corrected chi connectivity index (χ3v) is 6.65. The van der Waals surface area contributed by atoms with E-state index in [0.29, 0.717) is 22.6 Å². The van der Waals surface area contributed by atoms with Gasteiger partial charge in [0.25, 0.3) is 0 Å². The Labute approximate surface area is 230 Å². The zero-order chi connectivity index (χ0) is 28.4. The zero-order valence-electron chi connectivity index (χ0n) is 22.4. The highest BCUT2D eigenvalue weighted by Gasteiger charge is 2.20. The first-order valence-corrected chi connectivity index (χ1v) is 12.5. The van der Waals surface area contributed by atoms with Gasteiger partial charge in [-0.1, -0.05) is 6.07 Å². The molecule has 5 aromatic heterocycles. The SMILES string of the molecule is C[C@@H](c1ccc(-n2cc(F)cn2)nc1)N(C)c1ccc(-c2cc(OCC(C)(C)C#N)cn3ncc(C#N)c23)cn1. The number of rotatable bonds is 8. The minimum Gasteiger partial charge on any atom is -0.490 e. The molecule has 200 valence electrons. The van der Waals surface area contributed by atoms with E-state index in [4.69, 9.17) is 9.72 Å². The van der Waals surface area contributed by atoms with E-state index >= 15 is 0 Å². The molecule has 0 saturated heterocycles. The number of fused-ring (bicyclic) bond motifs is 1. The van der Waals surface area contributed by atoms with Gasteiger partial charge in [-0.15, -0.1) is 0 Å². The molecule has 0 aliphatic heterocycles. The van der Waals surface area contributed by atoms with Crippen LogP contribution in [-0.4, -0.2) is 43.0 Å². The van der Waals surface area contributed by atoms with Gasteiger partial charge in [-0.25, -0.2) is 23.6 Å². The number of nitrogens with zero attached hydrogens (tertiary/aromatic N) is 9. The van der Waals surface area contributed by atoms with E-state index in [1.807, 2.05) is 43.1 Å². The van der Waals surface area contributed by atoms with Gasteiger partial charge in [-0.2, -0.15) is 20.7 Å². The van der Waals surface area contributed by atoms with Crippen molar-refractivity contribution in [2.45, 2.75) is 26.8 Å². The summed E-state index contributed by atoms with van der Waals surface area (Å²) >= 11 is 0. The largest absolute Gasteiger partial charge is 0.490 e. The maximum atomic E-state index is 13.3. The fourth-order valence-electron chi connectivity index (χ4n) is 4.16. The Bertz CT molecular complexity index is 1740. The number of anilines is 1. The Balaban J connectivity index is 1.40. The second kappa shape index (κ2) is 10.5. The number of nitriles is 2. The molecule has 0 aliphatic rings. The predicted octanol–water partition coefficient (Wildman–Crippen LogP) is 5.11. The fourth-order valence-corrected chi connectivity index (χ4v) is 4.16. The van der Waals surface area contributed by atoms with Gasteiger partial charge in [-0.05, 0) is 50.6 Å². The molecule has 5 heterocycles. The molecule has 0 aromatic carbocycles. The lowest BCUT2D eigenvalue weighted by Crippen LogP contribution is -2.22. The number of pyridine rings is 3. The van der Waals surface area contributed by atoms with Crippen molar-refractivity contribution in [1.82, 2.24) is 29.4 Å². The lowest BCUT2D eigenvalue weighted by Gasteiger charge is -2.26.